The van der Waals surface area contributed by atoms with Gasteiger partial charge in [0.25, 0.3) is 5.69 Å². The number of carbonyl (C=O) groups excluding carboxylic acids is 1. The number of aromatic nitrogens is 3. The third kappa shape index (κ3) is 4.67. The van der Waals surface area contributed by atoms with E-state index in [1.54, 1.807) is 12.1 Å². The number of rotatable bonds is 6. The average molecular weight is 383 g/mol. The van der Waals surface area contributed by atoms with Crippen LogP contribution < -0.4 is 11.2 Å². The lowest BCUT2D eigenvalue weighted by Gasteiger charge is -2.01. The van der Waals surface area contributed by atoms with Crippen LogP contribution >= 0.6 is 11.8 Å². The fourth-order valence-electron chi connectivity index (χ4n) is 2.13. The van der Waals surface area contributed by atoms with Crippen molar-refractivity contribution in [1.29, 1.82) is 0 Å². The summed E-state index contributed by atoms with van der Waals surface area (Å²) in [7, 11) is 0. The van der Waals surface area contributed by atoms with Gasteiger partial charge in [-0.05, 0) is 17.8 Å². The third-order valence-electron chi connectivity index (χ3n) is 3.28. The number of nitrogens with two attached hydrogens (primary N) is 1. The van der Waals surface area contributed by atoms with Crippen molar-refractivity contribution in [3.63, 3.8) is 0 Å². The van der Waals surface area contributed by atoms with Crippen LogP contribution in [0.2, 0.25) is 0 Å². The number of nitro groups is 1. The highest BCUT2D eigenvalue weighted by molar-refractivity contribution is 7.99. The second-order valence-corrected chi connectivity index (χ2v) is 6.16. The van der Waals surface area contributed by atoms with E-state index in [0.29, 0.717) is 21.4 Å². The lowest BCUT2D eigenvalue weighted by atomic mass is 10.2. The number of nitrogens with one attached hydrogen (secondary N) is 2. The molecule has 2 amide bonds. The molecular formula is C16H13N7O3S. The molecule has 0 unspecified atom stereocenters. The van der Waals surface area contributed by atoms with Crippen molar-refractivity contribution in [3.05, 3.63) is 64.2 Å². The van der Waals surface area contributed by atoms with Gasteiger partial charge in [-0.15, -0.1) is 5.10 Å². The summed E-state index contributed by atoms with van der Waals surface area (Å²) in [5.41, 5.74) is 8.08. The SMILES string of the molecule is NC(=O)N/N=C\c1ccc(Sc2n[nH]c(-c3ccccc3)n2)c([N+](=O)[O-])c1. The number of primary amides is 1. The third-order valence-corrected chi connectivity index (χ3v) is 4.21. The van der Waals surface area contributed by atoms with Crippen LogP contribution in [0.1, 0.15) is 5.56 Å². The maximum absolute atomic E-state index is 11.4. The average Bonchev–Trinajstić information content (AvgIpc) is 3.11. The van der Waals surface area contributed by atoms with E-state index in [2.05, 4.69) is 20.3 Å². The van der Waals surface area contributed by atoms with Gasteiger partial charge >= 0.3 is 6.03 Å². The number of hydrazone groups is 1. The van der Waals surface area contributed by atoms with E-state index in [4.69, 9.17) is 5.73 Å². The number of hydrogen-bond donors (Lipinski definition) is 3. The van der Waals surface area contributed by atoms with Crippen LogP contribution in [0, 0.1) is 10.1 Å². The molecule has 11 heteroatoms. The van der Waals surface area contributed by atoms with Crippen molar-refractivity contribution in [2.24, 2.45) is 10.8 Å². The van der Waals surface area contributed by atoms with Gasteiger partial charge in [0.05, 0.1) is 16.0 Å². The van der Waals surface area contributed by atoms with Gasteiger partial charge in [0.1, 0.15) is 0 Å². The molecule has 1 heterocycles. The molecule has 3 aromatic rings. The largest absolute Gasteiger partial charge is 0.350 e. The van der Waals surface area contributed by atoms with Crippen molar-refractivity contribution in [2.45, 2.75) is 10.1 Å². The van der Waals surface area contributed by atoms with E-state index in [9.17, 15) is 14.9 Å². The number of urea groups is 1. The van der Waals surface area contributed by atoms with Crippen LogP contribution in [0.25, 0.3) is 11.4 Å². The number of nitrogens with zero attached hydrogens (tertiary/aromatic N) is 4. The Hall–Kier alpha value is -3.73. The zero-order chi connectivity index (χ0) is 19.2. The fraction of sp³-hybridized carbons (Fsp3) is 0. The number of carbonyl (C=O) groups is 1. The van der Waals surface area contributed by atoms with Gasteiger partial charge in [0.2, 0.25) is 5.16 Å². The van der Waals surface area contributed by atoms with Crippen molar-refractivity contribution in [1.82, 2.24) is 20.6 Å². The topological polar surface area (TPSA) is 152 Å². The first kappa shape index (κ1) is 18.1. The zero-order valence-corrected chi connectivity index (χ0v) is 14.5. The fourth-order valence-corrected chi connectivity index (χ4v) is 2.93. The predicted molar refractivity (Wildman–Crippen MR) is 99.4 cm³/mol. The van der Waals surface area contributed by atoms with Crippen molar-refractivity contribution < 1.29 is 9.72 Å². The molecule has 0 atom stereocenters. The minimum Gasteiger partial charge on any atom is -0.350 e. The summed E-state index contributed by atoms with van der Waals surface area (Å²) in [6.45, 7) is 0. The van der Waals surface area contributed by atoms with Gasteiger partial charge in [-0.1, -0.05) is 36.4 Å². The number of aromatic amines is 1. The van der Waals surface area contributed by atoms with Gasteiger partial charge in [0, 0.05) is 17.2 Å². The maximum atomic E-state index is 11.4. The van der Waals surface area contributed by atoms with Crippen LogP contribution in [0.15, 0.2) is 63.7 Å². The highest BCUT2D eigenvalue weighted by Gasteiger charge is 2.17. The summed E-state index contributed by atoms with van der Waals surface area (Å²) in [5.74, 6) is 0.571. The van der Waals surface area contributed by atoms with E-state index in [0.717, 1.165) is 17.3 Å². The Bertz CT molecular complexity index is 1000. The van der Waals surface area contributed by atoms with Crippen molar-refractivity contribution in [2.75, 3.05) is 0 Å². The summed E-state index contributed by atoms with van der Waals surface area (Å²) in [6, 6.07) is 13.1. The second kappa shape index (κ2) is 8.10. The summed E-state index contributed by atoms with van der Waals surface area (Å²) in [4.78, 5) is 26.2. The van der Waals surface area contributed by atoms with Crippen LogP contribution in [0.3, 0.4) is 0 Å². The minimum atomic E-state index is -0.827. The first-order valence-electron chi connectivity index (χ1n) is 7.55. The maximum Gasteiger partial charge on any atom is 0.332 e. The van der Waals surface area contributed by atoms with Crippen molar-refractivity contribution >= 4 is 29.7 Å². The predicted octanol–water partition coefficient (Wildman–Crippen LogP) is 2.53. The number of nitro benzene ring substituents is 1. The molecule has 136 valence electrons. The summed E-state index contributed by atoms with van der Waals surface area (Å²) >= 11 is 1.07. The molecule has 0 saturated carbocycles. The molecule has 0 spiro atoms. The molecule has 0 radical (unpaired) electrons. The smallest absolute Gasteiger partial charge is 0.332 e. The number of benzene rings is 2. The molecule has 0 saturated heterocycles. The van der Waals surface area contributed by atoms with Gasteiger partial charge in [0.15, 0.2) is 5.82 Å². The number of amides is 2. The Morgan fingerprint density at radius 3 is 2.78 bits per heavy atom. The molecule has 2 aromatic carbocycles. The minimum absolute atomic E-state index is 0.130. The van der Waals surface area contributed by atoms with E-state index in [1.807, 2.05) is 35.8 Å². The first-order valence-corrected chi connectivity index (χ1v) is 8.37. The molecular weight excluding hydrogens is 370 g/mol. The Morgan fingerprint density at radius 1 is 1.30 bits per heavy atom. The Morgan fingerprint density at radius 2 is 2.07 bits per heavy atom. The summed E-state index contributed by atoms with van der Waals surface area (Å²) in [5, 5.41) is 22.2. The Balaban J connectivity index is 1.82. The highest BCUT2D eigenvalue weighted by atomic mass is 32.2. The molecule has 1 aromatic heterocycles. The highest BCUT2D eigenvalue weighted by Crippen LogP contribution is 2.34. The van der Waals surface area contributed by atoms with E-state index in [-0.39, 0.29) is 5.69 Å². The summed E-state index contributed by atoms with van der Waals surface area (Å²) < 4.78 is 0. The Labute approximate surface area is 157 Å². The monoisotopic (exact) mass is 383 g/mol. The molecule has 0 fully saturated rings. The van der Waals surface area contributed by atoms with Crippen LogP contribution in [-0.4, -0.2) is 32.4 Å². The standard InChI is InChI=1S/C16H13N7O3S/c17-15(24)21-18-9-10-6-7-13(12(8-10)23(25)26)27-16-19-14(20-22-16)11-4-2-1-3-5-11/h1-9H,(H3,17,21,24)(H,19,20,22)/b18-9-. The molecule has 0 aliphatic carbocycles. The van der Waals surface area contributed by atoms with Gasteiger partial charge in [-0.3, -0.25) is 15.2 Å². The first-order chi connectivity index (χ1) is 13.0. The molecule has 0 aliphatic heterocycles. The van der Waals surface area contributed by atoms with Crippen molar-refractivity contribution in [3.8, 4) is 11.4 Å². The molecule has 27 heavy (non-hydrogen) atoms. The van der Waals surface area contributed by atoms with Gasteiger partial charge in [-0.2, -0.15) is 5.10 Å². The summed E-state index contributed by atoms with van der Waals surface area (Å²) in [6.07, 6.45) is 1.26. The second-order valence-electron chi connectivity index (χ2n) is 5.15. The quantitative estimate of drug-likeness (QED) is 0.338. The molecule has 4 N–H and O–H groups in total. The van der Waals surface area contributed by atoms with E-state index >= 15 is 0 Å². The normalized spacial score (nSPS) is 10.8. The number of H-pyrrole nitrogens is 1. The molecule has 3 rings (SSSR count). The Kier molecular flexibility index (Phi) is 5.42. The van der Waals surface area contributed by atoms with Gasteiger partial charge in [-0.25, -0.2) is 15.2 Å². The molecule has 10 nitrogen and oxygen atoms in total. The molecule has 0 aliphatic rings. The van der Waals surface area contributed by atoms with E-state index in [1.165, 1.54) is 12.3 Å². The molecule has 0 bridgehead atoms. The lowest BCUT2D eigenvalue weighted by Crippen LogP contribution is -2.24. The van der Waals surface area contributed by atoms with Crippen LogP contribution in [0.4, 0.5) is 10.5 Å². The van der Waals surface area contributed by atoms with E-state index < -0.39 is 11.0 Å². The van der Waals surface area contributed by atoms with Gasteiger partial charge < -0.3 is 5.73 Å². The van der Waals surface area contributed by atoms with Crippen LogP contribution in [0.5, 0.6) is 0 Å². The lowest BCUT2D eigenvalue weighted by molar-refractivity contribution is -0.387. The van der Waals surface area contributed by atoms with Crippen LogP contribution in [-0.2, 0) is 0 Å². The zero-order valence-electron chi connectivity index (χ0n) is 13.7. The number of hydrogen-bond acceptors (Lipinski definition) is 7.